The molecular weight excluding hydrogens is 396 g/mol. The number of aromatic nitrogens is 1. The van der Waals surface area contributed by atoms with Gasteiger partial charge in [0.1, 0.15) is 5.75 Å². The van der Waals surface area contributed by atoms with Crippen molar-refractivity contribution in [2.45, 2.75) is 0 Å². The van der Waals surface area contributed by atoms with Crippen LogP contribution in [0.5, 0.6) is 23.1 Å². The summed E-state index contributed by atoms with van der Waals surface area (Å²) in [6, 6.07) is 18.4. The molecule has 0 radical (unpaired) electrons. The third-order valence-electron chi connectivity index (χ3n) is 4.90. The summed E-state index contributed by atoms with van der Waals surface area (Å²) < 4.78 is 11.8. The summed E-state index contributed by atoms with van der Waals surface area (Å²) in [5.41, 5.74) is 0.911. The molecule has 156 valence electrons. The number of rotatable bonds is 5. The molecule has 0 unspecified atom stereocenters. The molecule has 7 nitrogen and oxygen atoms in total. The second-order valence-electron chi connectivity index (χ2n) is 6.74. The Hall–Kier alpha value is -4.26. The summed E-state index contributed by atoms with van der Waals surface area (Å²) in [6.45, 7) is 0. The van der Waals surface area contributed by atoms with E-state index in [9.17, 15) is 15.0 Å². The van der Waals surface area contributed by atoms with Gasteiger partial charge in [0.25, 0.3) is 5.56 Å². The van der Waals surface area contributed by atoms with Crippen LogP contribution in [0.1, 0.15) is 5.56 Å². The number of hydrogen-bond donors (Lipinski definition) is 2. The molecule has 31 heavy (non-hydrogen) atoms. The highest BCUT2D eigenvalue weighted by Gasteiger charge is 2.17. The molecule has 1 aromatic heterocycles. The number of methoxy groups -OCH3 is 2. The van der Waals surface area contributed by atoms with Crippen molar-refractivity contribution < 1.29 is 19.7 Å². The zero-order valence-electron chi connectivity index (χ0n) is 16.9. The van der Waals surface area contributed by atoms with Crippen molar-refractivity contribution >= 4 is 22.7 Å². The van der Waals surface area contributed by atoms with Crippen LogP contribution < -0.4 is 15.0 Å². The summed E-state index contributed by atoms with van der Waals surface area (Å²) in [7, 11) is 3.02. The molecule has 7 heteroatoms. The molecule has 3 aromatic carbocycles. The Balaban J connectivity index is 1.97. The molecule has 0 atom stereocenters. The minimum absolute atomic E-state index is 0.0824. The van der Waals surface area contributed by atoms with Crippen molar-refractivity contribution in [3.8, 4) is 28.8 Å². The number of nitrogens with zero attached hydrogens (tertiary/aromatic N) is 2. The topological polar surface area (TPSA) is 93.3 Å². The predicted molar refractivity (Wildman–Crippen MR) is 120 cm³/mol. The van der Waals surface area contributed by atoms with Crippen LogP contribution in [0, 0.1) is 0 Å². The molecule has 0 saturated heterocycles. The summed E-state index contributed by atoms with van der Waals surface area (Å²) in [6.07, 6.45) is 1.48. The van der Waals surface area contributed by atoms with Gasteiger partial charge in [0, 0.05) is 29.1 Å². The average molecular weight is 416 g/mol. The molecule has 0 spiro atoms. The number of phenols is 1. The van der Waals surface area contributed by atoms with Crippen LogP contribution in [0.15, 0.2) is 76.5 Å². The fraction of sp³-hybridized carbons (Fsp3) is 0.0833. The van der Waals surface area contributed by atoms with Gasteiger partial charge >= 0.3 is 0 Å². The Morgan fingerprint density at radius 1 is 0.871 bits per heavy atom. The van der Waals surface area contributed by atoms with E-state index in [4.69, 9.17) is 9.47 Å². The first-order valence-corrected chi connectivity index (χ1v) is 9.45. The van der Waals surface area contributed by atoms with E-state index in [-0.39, 0.29) is 17.2 Å². The highest BCUT2D eigenvalue weighted by molar-refractivity contribution is 6.02. The largest absolute Gasteiger partial charge is 0.508 e. The van der Waals surface area contributed by atoms with Crippen LogP contribution in [0.2, 0.25) is 0 Å². The van der Waals surface area contributed by atoms with E-state index in [0.29, 0.717) is 39.2 Å². The Morgan fingerprint density at radius 3 is 2.32 bits per heavy atom. The van der Waals surface area contributed by atoms with Gasteiger partial charge in [-0.15, -0.1) is 0 Å². The molecule has 0 amide bonds. The number of hydrogen-bond acceptors (Lipinski definition) is 6. The first kappa shape index (κ1) is 20.0. The molecule has 2 N–H and O–H groups in total. The average Bonchev–Trinajstić information content (AvgIpc) is 2.79. The third kappa shape index (κ3) is 3.69. The van der Waals surface area contributed by atoms with Crippen molar-refractivity contribution in [2.24, 2.45) is 4.99 Å². The van der Waals surface area contributed by atoms with E-state index < -0.39 is 0 Å². The minimum atomic E-state index is -0.380. The molecule has 0 aliphatic rings. The molecular formula is C24H20N2O5. The number of aromatic hydroxyl groups is 2. The smallest absolute Gasteiger partial charge is 0.265 e. The number of ether oxygens (including phenoxy) is 2. The van der Waals surface area contributed by atoms with Crippen LogP contribution in [-0.4, -0.2) is 35.2 Å². The molecule has 0 aliphatic heterocycles. The lowest BCUT2D eigenvalue weighted by Crippen LogP contribution is -2.20. The Kier molecular flexibility index (Phi) is 5.32. The van der Waals surface area contributed by atoms with Gasteiger partial charge in [-0.25, -0.2) is 4.57 Å². The Bertz CT molecular complexity index is 1360. The van der Waals surface area contributed by atoms with Gasteiger partial charge in [-0.3, -0.25) is 9.79 Å². The fourth-order valence-corrected chi connectivity index (χ4v) is 3.41. The number of phenolic OH excluding ortho intramolecular Hbond substituents is 1. The number of fused-ring (bicyclic) bond motifs is 1. The van der Waals surface area contributed by atoms with Gasteiger partial charge in [0.15, 0.2) is 11.5 Å². The van der Waals surface area contributed by atoms with Gasteiger partial charge in [0.2, 0.25) is 5.88 Å². The molecule has 1 heterocycles. The number of pyridine rings is 1. The number of benzene rings is 3. The molecule has 0 saturated carbocycles. The maximum Gasteiger partial charge on any atom is 0.265 e. The van der Waals surface area contributed by atoms with Gasteiger partial charge in [-0.05, 0) is 30.3 Å². The maximum atomic E-state index is 13.2. The van der Waals surface area contributed by atoms with E-state index in [2.05, 4.69) is 4.99 Å². The summed E-state index contributed by atoms with van der Waals surface area (Å²) in [4.78, 5) is 17.6. The zero-order chi connectivity index (χ0) is 22.0. The lowest BCUT2D eigenvalue weighted by molar-refractivity contribution is 0.354. The van der Waals surface area contributed by atoms with E-state index in [0.717, 1.165) is 0 Å². The van der Waals surface area contributed by atoms with Crippen LogP contribution in [0.3, 0.4) is 0 Å². The second kappa shape index (κ2) is 8.23. The Labute approximate surface area is 178 Å². The van der Waals surface area contributed by atoms with E-state index in [1.54, 1.807) is 60.7 Å². The van der Waals surface area contributed by atoms with Crippen molar-refractivity contribution in [3.63, 3.8) is 0 Å². The van der Waals surface area contributed by atoms with Crippen LogP contribution in [-0.2, 0) is 0 Å². The molecule has 0 bridgehead atoms. The molecule has 4 aromatic rings. The molecule has 4 rings (SSSR count). The number of aliphatic imine (C=N–C) groups is 1. The first-order valence-electron chi connectivity index (χ1n) is 9.45. The second-order valence-corrected chi connectivity index (χ2v) is 6.74. The highest BCUT2D eigenvalue weighted by Crippen LogP contribution is 2.32. The third-order valence-corrected chi connectivity index (χ3v) is 4.90. The normalized spacial score (nSPS) is 11.2. The summed E-state index contributed by atoms with van der Waals surface area (Å²) in [5.74, 6) is 0.749. The monoisotopic (exact) mass is 416 g/mol. The Morgan fingerprint density at radius 2 is 1.61 bits per heavy atom. The van der Waals surface area contributed by atoms with Crippen LogP contribution >= 0.6 is 0 Å². The van der Waals surface area contributed by atoms with Gasteiger partial charge in [-0.1, -0.05) is 24.3 Å². The van der Waals surface area contributed by atoms with Crippen LogP contribution in [0.4, 0.5) is 5.69 Å². The molecule has 0 fully saturated rings. The highest BCUT2D eigenvalue weighted by atomic mass is 16.5. The predicted octanol–water partition coefficient (Wildman–Crippen LogP) is 4.17. The lowest BCUT2D eigenvalue weighted by atomic mass is 10.1. The summed E-state index contributed by atoms with van der Waals surface area (Å²) >= 11 is 0. The minimum Gasteiger partial charge on any atom is -0.508 e. The summed E-state index contributed by atoms with van der Waals surface area (Å²) in [5, 5.41) is 21.7. The van der Waals surface area contributed by atoms with Gasteiger partial charge in [0.05, 0.1) is 31.2 Å². The van der Waals surface area contributed by atoms with E-state index >= 15 is 0 Å². The van der Waals surface area contributed by atoms with Crippen molar-refractivity contribution in [1.82, 2.24) is 4.57 Å². The first-order chi connectivity index (χ1) is 15.0. The quantitative estimate of drug-likeness (QED) is 0.476. The van der Waals surface area contributed by atoms with Crippen LogP contribution in [0.25, 0.3) is 16.5 Å². The van der Waals surface area contributed by atoms with E-state index in [1.807, 2.05) is 0 Å². The van der Waals surface area contributed by atoms with Crippen molar-refractivity contribution in [3.05, 3.63) is 82.6 Å². The van der Waals surface area contributed by atoms with Crippen molar-refractivity contribution in [1.29, 1.82) is 0 Å². The fourth-order valence-electron chi connectivity index (χ4n) is 3.41. The zero-order valence-corrected chi connectivity index (χ0v) is 16.9. The van der Waals surface area contributed by atoms with E-state index in [1.165, 1.54) is 31.1 Å². The maximum absolute atomic E-state index is 13.2. The SMILES string of the molecule is COc1ccc(-n2c(O)c(C=Nc3cccc(O)c3)c3ccccc3c2=O)cc1OC. The molecule has 0 aliphatic carbocycles. The lowest BCUT2D eigenvalue weighted by Gasteiger charge is -2.15. The van der Waals surface area contributed by atoms with Crippen molar-refractivity contribution in [2.75, 3.05) is 14.2 Å². The van der Waals surface area contributed by atoms with Gasteiger partial charge < -0.3 is 19.7 Å². The van der Waals surface area contributed by atoms with Gasteiger partial charge in [-0.2, -0.15) is 0 Å². The standard InChI is InChI=1S/C24H20N2O5/c1-30-21-11-10-16(13-22(21)31-2)26-23(28)19-9-4-3-8-18(19)20(24(26)29)14-25-15-6-5-7-17(27)12-15/h3-14,27,29H,1-2H3.